The van der Waals surface area contributed by atoms with Crippen molar-refractivity contribution in [2.75, 3.05) is 0 Å². The van der Waals surface area contributed by atoms with E-state index in [1.54, 1.807) is 11.8 Å². The minimum Gasteiger partial charge on any atom is -0.439 e. The Morgan fingerprint density at radius 3 is 2.43 bits per heavy atom. The van der Waals surface area contributed by atoms with Gasteiger partial charge in [-0.1, -0.05) is 75.3 Å². The highest BCUT2D eigenvalue weighted by Crippen LogP contribution is 2.30. The fourth-order valence-corrected chi connectivity index (χ4v) is 3.63. The zero-order valence-electron chi connectivity index (χ0n) is 16.7. The molecule has 0 N–H and O–H groups in total. The van der Waals surface area contributed by atoms with Crippen molar-refractivity contribution in [3.8, 4) is 11.6 Å². The van der Waals surface area contributed by atoms with E-state index in [4.69, 9.17) is 21.3 Å². The zero-order chi connectivity index (χ0) is 20.1. The van der Waals surface area contributed by atoms with Gasteiger partial charge in [-0.05, 0) is 41.8 Å². The molecule has 0 saturated heterocycles. The number of benzene rings is 2. The number of aryl methyl sites for hydroxylation is 1. The first kappa shape index (κ1) is 20.7. The number of hydrogen-bond acceptors (Lipinski definition) is 4. The van der Waals surface area contributed by atoms with E-state index in [-0.39, 0.29) is 5.41 Å². The van der Waals surface area contributed by atoms with Crippen LogP contribution in [0.15, 0.2) is 59.8 Å². The van der Waals surface area contributed by atoms with Crippen molar-refractivity contribution >= 4 is 23.4 Å². The number of hydrogen-bond donors (Lipinski definition) is 0. The second kappa shape index (κ2) is 8.97. The summed E-state index contributed by atoms with van der Waals surface area (Å²) in [6, 6.07) is 17.9. The van der Waals surface area contributed by atoms with Gasteiger partial charge in [-0.3, -0.25) is 0 Å². The Kier molecular flexibility index (Phi) is 6.63. The van der Waals surface area contributed by atoms with Crippen LogP contribution in [-0.4, -0.2) is 9.97 Å². The van der Waals surface area contributed by atoms with E-state index in [2.05, 4.69) is 50.9 Å². The van der Waals surface area contributed by atoms with Crippen LogP contribution in [0.1, 0.15) is 44.5 Å². The topological polar surface area (TPSA) is 35.0 Å². The Hall–Kier alpha value is -2.04. The molecule has 0 atom stereocenters. The van der Waals surface area contributed by atoms with E-state index >= 15 is 0 Å². The largest absolute Gasteiger partial charge is 0.439 e. The second-order valence-electron chi connectivity index (χ2n) is 7.65. The summed E-state index contributed by atoms with van der Waals surface area (Å²) in [4.78, 5) is 9.39. The summed E-state index contributed by atoms with van der Waals surface area (Å²) >= 11 is 7.68. The first-order valence-corrected chi connectivity index (χ1v) is 10.7. The standard InChI is InChI=1S/C23H25ClN2OS/c1-5-16-8-7-11-19(13-16)27-21-14-20(23(2,3)4)25-22(26-21)28-15-17-9-6-10-18(24)12-17/h6-14H,5,15H2,1-4H3. The number of halogens is 1. The molecule has 28 heavy (non-hydrogen) atoms. The number of nitrogens with zero attached hydrogens (tertiary/aromatic N) is 2. The molecule has 0 fully saturated rings. The van der Waals surface area contributed by atoms with Gasteiger partial charge >= 0.3 is 0 Å². The first-order chi connectivity index (χ1) is 13.3. The van der Waals surface area contributed by atoms with Crippen LogP contribution in [0.4, 0.5) is 0 Å². The lowest BCUT2D eigenvalue weighted by Gasteiger charge is -2.19. The maximum Gasteiger partial charge on any atom is 0.223 e. The van der Waals surface area contributed by atoms with Crippen molar-refractivity contribution in [1.82, 2.24) is 9.97 Å². The summed E-state index contributed by atoms with van der Waals surface area (Å²) in [7, 11) is 0. The molecule has 0 bridgehead atoms. The van der Waals surface area contributed by atoms with E-state index in [1.165, 1.54) is 5.56 Å². The van der Waals surface area contributed by atoms with Crippen LogP contribution in [0, 0.1) is 0 Å². The molecule has 3 nitrogen and oxygen atoms in total. The summed E-state index contributed by atoms with van der Waals surface area (Å²) in [6.07, 6.45) is 0.967. The Morgan fingerprint density at radius 2 is 1.71 bits per heavy atom. The maximum absolute atomic E-state index is 6.09. The van der Waals surface area contributed by atoms with Gasteiger partial charge in [0.2, 0.25) is 5.88 Å². The molecule has 0 saturated carbocycles. The molecular formula is C23H25ClN2OS. The van der Waals surface area contributed by atoms with Crippen molar-refractivity contribution < 1.29 is 4.74 Å². The lowest BCUT2D eigenvalue weighted by atomic mass is 9.92. The molecule has 2 aromatic carbocycles. The third kappa shape index (κ3) is 5.73. The van der Waals surface area contributed by atoms with Crippen LogP contribution < -0.4 is 4.74 Å². The van der Waals surface area contributed by atoms with Crippen LogP contribution in [0.3, 0.4) is 0 Å². The molecule has 0 radical (unpaired) electrons. The van der Waals surface area contributed by atoms with Crippen molar-refractivity contribution in [1.29, 1.82) is 0 Å². The van der Waals surface area contributed by atoms with Gasteiger partial charge in [0.15, 0.2) is 5.16 Å². The molecule has 1 heterocycles. The second-order valence-corrected chi connectivity index (χ2v) is 9.02. The fraction of sp³-hybridized carbons (Fsp3) is 0.304. The molecule has 146 valence electrons. The Bertz CT molecular complexity index is 953. The maximum atomic E-state index is 6.09. The van der Waals surface area contributed by atoms with Crippen LogP contribution in [0.5, 0.6) is 11.6 Å². The third-order valence-corrected chi connectivity index (χ3v) is 5.39. The molecule has 3 rings (SSSR count). The molecule has 0 aliphatic heterocycles. The molecular weight excluding hydrogens is 388 g/mol. The van der Waals surface area contributed by atoms with Gasteiger partial charge in [-0.25, -0.2) is 4.98 Å². The van der Waals surface area contributed by atoms with Crippen molar-refractivity contribution in [3.63, 3.8) is 0 Å². The summed E-state index contributed by atoms with van der Waals surface area (Å²) in [6.45, 7) is 8.55. The van der Waals surface area contributed by atoms with Gasteiger partial charge in [0.05, 0.1) is 5.69 Å². The van der Waals surface area contributed by atoms with Gasteiger partial charge in [-0.2, -0.15) is 4.98 Å². The molecule has 0 aliphatic carbocycles. The highest BCUT2D eigenvalue weighted by molar-refractivity contribution is 7.98. The van der Waals surface area contributed by atoms with Gasteiger partial charge in [-0.15, -0.1) is 0 Å². The average molecular weight is 413 g/mol. The lowest BCUT2D eigenvalue weighted by molar-refractivity contribution is 0.446. The van der Waals surface area contributed by atoms with Gasteiger partial charge in [0.1, 0.15) is 5.75 Å². The molecule has 5 heteroatoms. The van der Waals surface area contributed by atoms with Crippen molar-refractivity contribution in [2.24, 2.45) is 0 Å². The predicted octanol–water partition coefficient (Wildman–Crippen LogP) is 7.07. The Balaban J connectivity index is 1.86. The summed E-state index contributed by atoms with van der Waals surface area (Å²) in [5.41, 5.74) is 3.23. The lowest BCUT2D eigenvalue weighted by Crippen LogP contribution is -2.14. The molecule has 1 aromatic heterocycles. The van der Waals surface area contributed by atoms with E-state index in [0.29, 0.717) is 11.0 Å². The van der Waals surface area contributed by atoms with E-state index < -0.39 is 0 Å². The minimum atomic E-state index is -0.0995. The Morgan fingerprint density at radius 1 is 0.964 bits per heavy atom. The number of ether oxygens (including phenoxy) is 1. The van der Waals surface area contributed by atoms with Crippen LogP contribution in [0.2, 0.25) is 5.02 Å². The van der Waals surface area contributed by atoms with Gasteiger partial charge in [0.25, 0.3) is 0 Å². The molecule has 3 aromatic rings. The molecule has 0 amide bonds. The monoisotopic (exact) mass is 412 g/mol. The molecule has 0 aliphatic rings. The highest BCUT2D eigenvalue weighted by Gasteiger charge is 2.19. The predicted molar refractivity (Wildman–Crippen MR) is 118 cm³/mol. The van der Waals surface area contributed by atoms with E-state index in [1.807, 2.05) is 36.4 Å². The van der Waals surface area contributed by atoms with Crippen molar-refractivity contribution in [2.45, 2.75) is 50.4 Å². The minimum absolute atomic E-state index is 0.0995. The smallest absolute Gasteiger partial charge is 0.223 e. The summed E-state index contributed by atoms with van der Waals surface area (Å²) < 4.78 is 6.08. The number of thioether (sulfide) groups is 1. The molecule has 0 unspecified atom stereocenters. The highest BCUT2D eigenvalue weighted by atomic mass is 35.5. The van der Waals surface area contributed by atoms with Crippen LogP contribution in [-0.2, 0) is 17.6 Å². The van der Waals surface area contributed by atoms with Gasteiger partial charge in [0, 0.05) is 22.3 Å². The van der Waals surface area contributed by atoms with E-state index in [9.17, 15) is 0 Å². The first-order valence-electron chi connectivity index (χ1n) is 9.37. The van der Waals surface area contributed by atoms with Gasteiger partial charge < -0.3 is 4.74 Å². The number of rotatable bonds is 6. The van der Waals surface area contributed by atoms with E-state index in [0.717, 1.165) is 34.2 Å². The van der Waals surface area contributed by atoms with Crippen LogP contribution in [0.25, 0.3) is 0 Å². The van der Waals surface area contributed by atoms with Crippen molar-refractivity contribution in [3.05, 3.63) is 76.4 Å². The molecule has 0 spiro atoms. The summed E-state index contributed by atoms with van der Waals surface area (Å²) in [5, 5.41) is 1.44. The SMILES string of the molecule is CCc1cccc(Oc2cc(C(C)(C)C)nc(SCc3cccc(Cl)c3)n2)c1. The quantitative estimate of drug-likeness (QED) is 0.320. The van der Waals surface area contributed by atoms with Crippen LogP contribution >= 0.6 is 23.4 Å². The number of aromatic nitrogens is 2. The average Bonchev–Trinajstić information content (AvgIpc) is 2.66. The zero-order valence-corrected chi connectivity index (χ0v) is 18.3. The summed E-state index contributed by atoms with van der Waals surface area (Å²) in [5.74, 6) is 2.12. The normalized spacial score (nSPS) is 11.5. The Labute approximate surface area is 176 Å². The fourth-order valence-electron chi connectivity index (χ4n) is 2.63. The third-order valence-electron chi connectivity index (χ3n) is 4.24.